The second-order valence-electron chi connectivity index (χ2n) is 5.82. The highest BCUT2D eigenvalue weighted by atomic mass is 16.5. The first kappa shape index (κ1) is 14.7. The Bertz CT molecular complexity index is 637. The molecule has 1 atom stereocenters. The van der Waals surface area contributed by atoms with Crippen molar-refractivity contribution in [3.05, 3.63) is 41.9 Å². The Morgan fingerprint density at radius 2 is 2.32 bits per heavy atom. The Morgan fingerprint density at radius 3 is 2.91 bits per heavy atom. The van der Waals surface area contributed by atoms with Crippen molar-refractivity contribution in [3.8, 4) is 0 Å². The van der Waals surface area contributed by atoms with Gasteiger partial charge in [-0.3, -0.25) is 14.7 Å². The number of likely N-dealkylation sites (N-methyl/N-ethyl adjacent to an activating group) is 1. The third-order valence-electron chi connectivity index (χ3n) is 3.82. The van der Waals surface area contributed by atoms with Crippen LogP contribution >= 0.6 is 0 Å². The van der Waals surface area contributed by atoms with Gasteiger partial charge in [0.15, 0.2) is 5.82 Å². The number of carbonyl (C=O) groups excluding carboxylic acids is 1. The van der Waals surface area contributed by atoms with Crippen molar-refractivity contribution >= 4 is 11.7 Å². The SMILES string of the molecule is Cc1cc(NC(=O)CN(C)[C@@H](c2ccccn2)C2CC2)no1. The lowest BCUT2D eigenvalue weighted by Crippen LogP contribution is -2.34. The molecule has 6 heteroatoms. The molecule has 0 spiro atoms. The molecule has 0 aromatic carbocycles. The summed E-state index contributed by atoms with van der Waals surface area (Å²) in [5.41, 5.74) is 1.03. The molecule has 0 aliphatic heterocycles. The molecule has 0 saturated heterocycles. The maximum atomic E-state index is 12.2. The molecule has 0 bridgehead atoms. The number of nitrogens with one attached hydrogen (secondary N) is 1. The Hall–Kier alpha value is -2.21. The molecule has 1 fully saturated rings. The minimum absolute atomic E-state index is 0.0996. The lowest BCUT2D eigenvalue weighted by atomic mass is 10.1. The van der Waals surface area contributed by atoms with E-state index in [9.17, 15) is 4.79 Å². The zero-order chi connectivity index (χ0) is 15.5. The topological polar surface area (TPSA) is 71.3 Å². The summed E-state index contributed by atoms with van der Waals surface area (Å²) in [5.74, 6) is 1.61. The lowest BCUT2D eigenvalue weighted by molar-refractivity contribution is -0.117. The molecule has 0 radical (unpaired) electrons. The highest BCUT2D eigenvalue weighted by molar-refractivity contribution is 5.91. The summed E-state index contributed by atoms with van der Waals surface area (Å²) in [7, 11) is 1.96. The molecule has 2 heterocycles. The van der Waals surface area contributed by atoms with Crippen LogP contribution in [0.4, 0.5) is 5.82 Å². The molecular formula is C16H20N4O2. The maximum Gasteiger partial charge on any atom is 0.239 e. The zero-order valence-corrected chi connectivity index (χ0v) is 12.8. The third kappa shape index (κ3) is 3.51. The Morgan fingerprint density at radius 1 is 1.50 bits per heavy atom. The van der Waals surface area contributed by atoms with Crippen LogP contribution in [0.3, 0.4) is 0 Å². The molecule has 0 unspecified atom stereocenters. The fourth-order valence-corrected chi connectivity index (χ4v) is 2.72. The molecule has 3 rings (SSSR count). The number of carbonyl (C=O) groups is 1. The van der Waals surface area contributed by atoms with Crippen molar-refractivity contribution in [2.75, 3.05) is 18.9 Å². The highest BCUT2D eigenvalue weighted by Gasteiger charge is 2.36. The van der Waals surface area contributed by atoms with E-state index in [1.165, 1.54) is 12.8 Å². The quantitative estimate of drug-likeness (QED) is 0.887. The van der Waals surface area contributed by atoms with E-state index in [0.29, 0.717) is 24.0 Å². The van der Waals surface area contributed by atoms with Crippen LogP contribution in [-0.4, -0.2) is 34.5 Å². The van der Waals surface area contributed by atoms with Gasteiger partial charge in [-0.25, -0.2) is 0 Å². The fourth-order valence-electron chi connectivity index (χ4n) is 2.72. The Balaban J connectivity index is 1.64. The first-order valence-electron chi connectivity index (χ1n) is 7.48. The number of aromatic nitrogens is 2. The fraction of sp³-hybridized carbons (Fsp3) is 0.438. The first-order valence-corrected chi connectivity index (χ1v) is 7.48. The van der Waals surface area contributed by atoms with Crippen molar-refractivity contribution in [2.45, 2.75) is 25.8 Å². The summed E-state index contributed by atoms with van der Waals surface area (Å²) in [5, 5.41) is 6.53. The standard InChI is InChI=1S/C16H20N4O2/c1-11-9-14(19-22-11)18-15(21)10-20(2)16(12-6-7-12)13-5-3-4-8-17-13/h3-5,8-9,12,16H,6-7,10H2,1-2H3,(H,18,19,21)/t16-/m1/s1. The molecule has 1 aliphatic rings. The first-order chi connectivity index (χ1) is 10.6. The number of hydrogen-bond acceptors (Lipinski definition) is 5. The van der Waals surface area contributed by atoms with E-state index >= 15 is 0 Å². The number of hydrogen-bond donors (Lipinski definition) is 1. The molecule has 116 valence electrons. The van der Waals surface area contributed by atoms with E-state index in [2.05, 4.69) is 20.4 Å². The molecule has 2 aromatic heterocycles. The van der Waals surface area contributed by atoms with Crippen LogP contribution in [0.15, 0.2) is 35.0 Å². The van der Waals surface area contributed by atoms with Gasteiger partial charge in [-0.2, -0.15) is 0 Å². The lowest BCUT2D eigenvalue weighted by Gasteiger charge is -2.27. The number of nitrogens with zero attached hydrogens (tertiary/aromatic N) is 3. The van der Waals surface area contributed by atoms with Gasteiger partial charge in [0.1, 0.15) is 5.76 Å². The van der Waals surface area contributed by atoms with E-state index in [1.807, 2.05) is 25.2 Å². The number of amides is 1. The highest BCUT2D eigenvalue weighted by Crippen LogP contribution is 2.43. The van der Waals surface area contributed by atoms with E-state index in [4.69, 9.17) is 4.52 Å². The van der Waals surface area contributed by atoms with Crippen LogP contribution in [0.1, 0.15) is 30.3 Å². The monoisotopic (exact) mass is 300 g/mol. The molecule has 6 nitrogen and oxygen atoms in total. The third-order valence-corrected chi connectivity index (χ3v) is 3.82. The van der Waals surface area contributed by atoms with E-state index < -0.39 is 0 Å². The van der Waals surface area contributed by atoms with E-state index in [1.54, 1.807) is 19.2 Å². The largest absolute Gasteiger partial charge is 0.360 e. The molecule has 1 saturated carbocycles. The molecular weight excluding hydrogens is 280 g/mol. The minimum Gasteiger partial charge on any atom is -0.360 e. The average Bonchev–Trinajstić information content (AvgIpc) is 3.23. The van der Waals surface area contributed by atoms with E-state index in [0.717, 1.165) is 5.69 Å². The summed E-state index contributed by atoms with van der Waals surface area (Å²) in [6, 6.07) is 7.82. The van der Waals surface area contributed by atoms with Gasteiger partial charge in [0.25, 0.3) is 0 Å². The predicted molar refractivity (Wildman–Crippen MR) is 82.2 cm³/mol. The van der Waals surface area contributed by atoms with Crippen molar-refractivity contribution in [1.82, 2.24) is 15.0 Å². The predicted octanol–water partition coefficient (Wildman–Crippen LogP) is 2.40. The van der Waals surface area contributed by atoms with Gasteiger partial charge >= 0.3 is 0 Å². The van der Waals surface area contributed by atoms with Gasteiger partial charge in [-0.1, -0.05) is 11.2 Å². The van der Waals surface area contributed by atoms with E-state index in [-0.39, 0.29) is 11.9 Å². The Kier molecular flexibility index (Phi) is 4.20. The Labute approximate surface area is 129 Å². The van der Waals surface area contributed by atoms with Crippen LogP contribution in [0.2, 0.25) is 0 Å². The van der Waals surface area contributed by atoms with Gasteiger partial charge in [0, 0.05) is 12.3 Å². The van der Waals surface area contributed by atoms with Gasteiger partial charge in [-0.15, -0.1) is 0 Å². The normalized spacial score (nSPS) is 15.8. The van der Waals surface area contributed by atoms with Crippen LogP contribution < -0.4 is 5.32 Å². The molecule has 1 amide bonds. The molecule has 1 N–H and O–H groups in total. The van der Waals surface area contributed by atoms with Crippen molar-refractivity contribution in [2.24, 2.45) is 5.92 Å². The maximum absolute atomic E-state index is 12.2. The van der Waals surface area contributed by atoms with Crippen LogP contribution in [-0.2, 0) is 4.79 Å². The van der Waals surface area contributed by atoms with Gasteiger partial charge in [0.2, 0.25) is 5.91 Å². The summed E-state index contributed by atoms with van der Waals surface area (Å²) in [6.07, 6.45) is 4.18. The van der Waals surface area contributed by atoms with Gasteiger partial charge in [0.05, 0.1) is 18.3 Å². The smallest absolute Gasteiger partial charge is 0.239 e. The second-order valence-corrected chi connectivity index (χ2v) is 5.82. The van der Waals surface area contributed by atoms with Crippen LogP contribution in [0.5, 0.6) is 0 Å². The summed E-state index contributed by atoms with van der Waals surface area (Å²) in [6.45, 7) is 2.09. The van der Waals surface area contributed by atoms with Crippen molar-refractivity contribution < 1.29 is 9.32 Å². The zero-order valence-electron chi connectivity index (χ0n) is 12.8. The van der Waals surface area contributed by atoms with Crippen LogP contribution in [0, 0.1) is 12.8 Å². The van der Waals surface area contributed by atoms with Gasteiger partial charge < -0.3 is 9.84 Å². The van der Waals surface area contributed by atoms with Crippen molar-refractivity contribution in [1.29, 1.82) is 0 Å². The number of aryl methyl sites for hydroxylation is 1. The van der Waals surface area contributed by atoms with Crippen molar-refractivity contribution in [3.63, 3.8) is 0 Å². The minimum atomic E-state index is -0.0996. The van der Waals surface area contributed by atoms with Gasteiger partial charge in [-0.05, 0) is 44.9 Å². The molecule has 2 aromatic rings. The second kappa shape index (κ2) is 6.27. The molecule has 1 aliphatic carbocycles. The van der Waals surface area contributed by atoms with Crippen LogP contribution in [0.25, 0.3) is 0 Å². The number of rotatable bonds is 6. The summed E-state index contributed by atoms with van der Waals surface area (Å²) >= 11 is 0. The molecule has 22 heavy (non-hydrogen) atoms. The summed E-state index contributed by atoms with van der Waals surface area (Å²) < 4.78 is 4.95. The number of anilines is 1. The average molecular weight is 300 g/mol. The number of pyridine rings is 1. The summed E-state index contributed by atoms with van der Waals surface area (Å²) in [4.78, 5) is 18.7.